The second kappa shape index (κ2) is 7.56. The topological polar surface area (TPSA) is 49.8 Å². The van der Waals surface area contributed by atoms with E-state index in [-0.39, 0.29) is 18.9 Å². The van der Waals surface area contributed by atoms with E-state index in [9.17, 15) is 36.2 Å². The van der Waals surface area contributed by atoms with E-state index in [1.54, 1.807) is 20.8 Å². The summed E-state index contributed by atoms with van der Waals surface area (Å²) < 4.78 is 85.0. The molecule has 31 heavy (non-hydrogen) atoms. The van der Waals surface area contributed by atoms with Gasteiger partial charge in [-0.15, -0.1) is 0 Å². The van der Waals surface area contributed by atoms with Gasteiger partial charge in [0.15, 0.2) is 0 Å². The Labute approximate surface area is 176 Å². The number of carbonyl (C=O) groups is 1. The Morgan fingerprint density at radius 3 is 1.81 bits per heavy atom. The SMILES string of the molecule is CC(C)(C)OC(=O)N1C2CCCC1CC(O)(c1cc(C(F)(F)F)cc(C(F)(F)F)c1)C2. The standard InChI is InChI=1S/C21H25F6NO3/c1-18(2,3)31-17(29)28-15-5-4-6-16(28)11-19(30,10-15)12-7-13(20(22,23)24)9-14(8-12)21(25,26)27/h7-9,15-16,30H,4-6,10-11H2,1-3H3. The normalized spacial score (nSPS) is 27.2. The summed E-state index contributed by atoms with van der Waals surface area (Å²) in [7, 11) is 0. The van der Waals surface area contributed by atoms with E-state index in [4.69, 9.17) is 4.74 Å². The lowest BCUT2D eigenvalue weighted by atomic mass is 9.72. The van der Waals surface area contributed by atoms with Gasteiger partial charge in [0.1, 0.15) is 5.60 Å². The Balaban J connectivity index is 1.99. The van der Waals surface area contributed by atoms with Crippen LogP contribution in [0, 0.1) is 0 Å². The predicted molar refractivity (Wildman–Crippen MR) is 99.1 cm³/mol. The molecule has 2 heterocycles. The van der Waals surface area contributed by atoms with Crippen molar-refractivity contribution in [3.8, 4) is 0 Å². The van der Waals surface area contributed by atoms with Gasteiger partial charge < -0.3 is 14.7 Å². The van der Waals surface area contributed by atoms with Crippen molar-refractivity contribution in [3.05, 3.63) is 34.9 Å². The fourth-order valence-electron chi connectivity index (χ4n) is 4.50. The molecule has 0 radical (unpaired) electrons. The number of hydrogen-bond acceptors (Lipinski definition) is 3. The minimum Gasteiger partial charge on any atom is -0.444 e. The van der Waals surface area contributed by atoms with Crippen LogP contribution < -0.4 is 0 Å². The number of halogens is 6. The zero-order chi connectivity index (χ0) is 23.4. The van der Waals surface area contributed by atoms with Crippen LogP contribution in [-0.4, -0.2) is 33.8 Å². The maximum atomic E-state index is 13.3. The minimum absolute atomic E-state index is 0.0452. The third-order valence-corrected chi connectivity index (χ3v) is 5.74. The Bertz CT molecular complexity index is 797. The average Bonchev–Trinajstić information content (AvgIpc) is 2.57. The van der Waals surface area contributed by atoms with Gasteiger partial charge in [-0.3, -0.25) is 0 Å². The van der Waals surface area contributed by atoms with Crippen LogP contribution in [0.2, 0.25) is 0 Å². The summed E-state index contributed by atoms with van der Waals surface area (Å²) in [6.07, 6.45) is -9.24. The molecule has 1 aromatic carbocycles. The van der Waals surface area contributed by atoms with Crippen molar-refractivity contribution in [3.63, 3.8) is 0 Å². The molecular formula is C21H25F6NO3. The van der Waals surface area contributed by atoms with Gasteiger partial charge in [-0.25, -0.2) is 4.79 Å². The fraction of sp³-hybridized carbons (Fsp3) is 0.667. The summed E-state index contributed by atoms with van der Waals surface area (Å²) in [6.45, 7) is 5.09. The molecule has 2 aliphatic heterocycles. The summed E-state index contributed by atoms with van der Waals surface area (Å²) in [5.74, 6) is 0. The van der Waals surface area contributed by atoms with E-state index >= 15 is 0 Å². The summed E-state index contributed by atoms with van der Waals surface area (Å²) in [4.78, 5) is 14.2. The summed E-state index contributed by atoms with van der Waals surface area (Å²) in [6, 6.07) is 0.110. The zero-order valence-corrected chi connectivity index (χ0v) is 17.4. The molecule has 1 amide bonds. The molecule has 1 aromatic rings. The van der Waals surface area contributed by atoms with E-state index in [0.717, 1.165) is 6.42 Å². The molecule has 0 aromatic heterocycles. The smallest absolute Gasteiger partial charge is 0.416 e. The van der Waals surface area contributed by atoms with Crippen LogP contribution >= 0.6 is 0 Å². The number of piperidine rings is 2. The maximum Gasteiger partial charge on any atom is 0.416 e. The monoisotopic (exact) mass is 453 g/mol. The van der Waals surface area contributed by atoms with Gasteiger partial charge in [-0.2, -0.15) is 26.3 Å². The first kappa shape index (κ1) is 23.7. The van der Waals surface area contributed by atoms with Gasteiger partial charge in [-0.1, -0.05) is 0 Å². The highest BCUT2D eigenvalue weighted by Crippen LogP contribution is 2.47. The third kappa shape index (κ3) is 5.10. The number of amides is 1. The van der Waals surface area contributed by atoms with Crippen LogP contribution in [0.15, 0.2) is 18.2 Å². The minimum atomic E-state index is -5.00. The molecule has 3 rings (SSSR count). The van der Waals surface area contributed by atoms with Gasteiger partial charge >= 0.3 is 18.4 Å². The van der Waals surface area contributed by atoms with Crippen LogP contribution in [-0.2, 0) is 22.7 Å². The van der Waals surface area contributed by atoms with Gasteiger partial charge in [0.05, 0.1) is 16.7 Å². The molecule has 2 saturated heterocycles. The summed E-state index contributed by atoms with van der Waals surface area (Å²) in [5, 5.41) is 11.2. The molecule has 10 heteroatoms. The van der Waals surface area contributed by atoms with Gasteiger partial charge in [0.25, 0.3) is 0 Å². The Kier molecular flexibility index (Phi) is 5.78. The van der Waals surface area contributed by atoms with Crippen LogP contribution in [0.5, 0.6) is 0 Å². The number of aliphatic hydroxyl groups is 1. The fourth-order valence-corrected chi connectivity index (χ4v) is 4.50. The molecule has 4 nitrogen and oxygen atoms in total. The zero-order valence-electron chi connectivity index (χ0n) is 17.4. The third-order valence-electron chi connectivity index (χ3n) is 5.74. The molecule has 2 bridgehead atoms. The van der Waals surface area contributed by atoms with Crippen molar-refractivity contribution in [2.24, 2.45) is 0 Å². The first-order valence-electron chi connectivity index (χ1n) is 10.0. The van der Waals surface area contributed by atoms with Crippen LogP contribution in [0.4, 0.5) is 31.1 Å². The van der Waals surface area contributed by atoms with Crippen molar-refractivity contribution in [2.75, 3.05) is 0 Å². The number of alkyl halides is 6. The molecule has 0 spiro atoms. The van der Waals surface area contributed by atoms with Crippen LogP contribution in [0.3, 0.4) is 0 Å². The lowest BCUT2D eigenvalue weighted by Gasteiger charge is -2.52. The molecule has 0 aliphatic carbocycles. The van der Waals surface area contributed by atoms with Crippen molar-refractivity contribution < 1.29 is 41.0 Å². The Morgan fingerprint density at radius 2 is 1.42 bits per heavy atom. The maximum absolute atomic E-state index is 13.3. The number of carbonyl (C=O) groups excluding carboxylic acids is 1. The predicted octanol–water partition coefficient (Wildman–Crippen LogP) is 5.86. The second-order valence-corrected chi connectivity index (χ2v) is 9.36. The number of hydrogen-bond donors (Lipinski definition) is 1. The van der Waals surface area contributed by atoms with E-state index in [2.05, 4.69) is 0 Å². The molecule has 2 aliphatic rings. The molecule has 1 N–H and O–H groups in total. The Morgan fingerprint density at radius 1 is 0.968 bits per heavy atom. The molecular weight excluding hydrogens is 428 g/mol. The second-order valence-electron chi connectivity index (χ2n) is 9.36. The summed E-state index contributed by atoms with van der Waals surface area (Å²) in [5.41, 5.74) is -6.05. The quantitative estimate of drug-likeness (QED) is 0.542. The van der Waals surface area contributed by atoms with Crippen LogP contribution in [0.1, 0.15) is 69.6 Å². The summed E-state index contributed by atoms with van der Waals surface area (Å²) >= 11 is 0. The van der Waals surface area contributed by atoms with E-state index in [0.29, 0.717) is 25.0 Å². The van der Waals surface area contributed by atoms with E-state index in [1.165, 1.54) is 4.90 Å². The first-order chi connectivity index (χ1) is 14.0. The number of nitrogens with zero attached hydrogens (tertiary/aromatic N) is 1. The number of rotatable bonds is 1. The number of ether oxygens (including phenoxy) is 1. The van der Waals surface area contributed by atoms with E-state index in [1.807, 2.05) is 0 Å². The lowest BCUT2D eigenvalue weighted by Crippen LogP contribution is -2.59. The van der Waals surface area contributed by atoms with Crippen molar-refractivity contribution >= 4 is 6.09 Å². The molecule has 2 unspecified atom stereocenters. The molecule has 2 fully saturated rings. The van der Waals surface area contributed by atoms with Crippen molar-refractivity contribution in [1.29, 1.82) is 0 Å². The van der Waals surface area contributed by atoms with Crippen LogP contribution in [0.25, 0.3) is 0 Å². The highest BCUT2D eigenvalue weighted by Gasteiger charge is 2.50. The molecule has 0 saturated carbocycles. The number of benzene rings is 1. The highest BCUT2D eigenvalue weighted by atomic mass is 19.4. The molecule has 174 valence electrons. The highest BCUT2D eigenvalue weighted by molar-refractivity contribution is 5.69. The van der Waals surface area contributed by atoms with Gasteiger partial charge in [-0.05, 0) is 63.8 Å². The van der Waals surface area contributed by atoms with E-state index < -0.39 is 58.4 Å². The van der Waals surface area contributed by atoms with Crippen molar-refractivity contribution in [1.82, 2.24) is 4.90 Å². The van der Waals surface area contributed by atoms with Crippen molar-refractivity contribution in [2.45, 2.75) is 88.5 Å². The van der Waals surface area contributed by atoms with Gasteiger partial charge in [0.2, 0.25) is 0 Å². The average molecular weight is 453 g/mol. The van der Waals surface area contributed by atoms with Gasteiger partial charge in [0, 0.05) is 24.9 Å². The largest absolute Gasteiger partial charge is 0.444 e. The molecule has 2 atom stereocenters. The first-order valence-corrected chi connectivity index (χ1v) is 10.0. The lowest BCUT2D eigenvalue weighted by molar-refractivity contribution is -0.143. The number of fused-ring (bicyclic) bond motifs is 2. The Hall–Kier alpha value is -1.97.